The number of esters is 1. The van der Waals surface area contributed by atoms with E-state index in [2.05, 4.69) is 4.90 Å². The maximum absolute atomic E-state index is 12.1. The van der Waals surface area contributed by atoms with Gasteiger partial charge in [-0.25, -0.2) is 4.79 Å². The summed E-state index contributed by atoms with van der Waals surface area (Å²) in [5, 5.41) is 0. The van der Waals surface area contributed by atoms with Gasteiger partial charge in [0, 0.05) is 27.3 Å². The predicted octanol–water partition coefficient (Wildman–Crippen LogP) is 2.26. The van der Waals surface area contributed by atoms with Gasteiger partial charge in [0.25, 0.3) is 0 Å². The molecule has 0 atom stereocenters. The molecular formula is C16H21NO5. The lowest BCUT2D eigenvalue weighted by Gasteiger charge is -2.32. The summed E-state index contributed by atoms with van der Waals surface area (Å²) in [5.41, 5.74) is 1.87. The van der Waals surface area contributed by atoms with E-state index in [-0.39, 0.29) is 0 Å². The second-order valence-corrected chi connectivity index (χ2v) is 5.44. The van der Waals surface area contributed by atoms with Gasteiger partial charge in [-0.2, -0.15) is 0 Å². The molecule has 0 N–H and O–H groups in total. The van der Waals surface area contributed by atoms with Gasteiger partial charge in [0.1, 0.15) is 5.56 Å². The van der Waals surface area contributed by atoms with E-state index in [0.717, 1.165) is 31.6 Å². The molecule has 22 heavy (non-hydrogen) atoms. The van der Waals surface area contributed by atoms with E-state index in [1.165, 1.54) is 20.6 Å². The van der Waals surface area contributed by atoms with Gasteiger partial charge in [-0.1, -0.05) is 0 Å². The summed E-state index contributed by atoms with van der Waals surface area (Å²) in [4.78, 5) is 14.4. The van der Waals surface area contributed by atoms with Crippen molar-refractivity contribution < 1.29 is 23.7 Å². The van der Waals surface area contributed by atoms with Crippen LogP contribution in [-0.2, 0) is 20.2 Å². The van der Waals surface area contributed by atoms with Crippen molar-refractivity contribution in [3.63, 3.8) is 0 Å². The van der Waals surface area contributed by atoms with Crippen LogP contribution >= 0.6 is 0 Å². The zero-order chi connectivity index (χ0) is 15.7. The number of anilines is 1. The van der Waals surface area contributed by atoms with Crippen LogP contribution in [0.15, 0.2) is 12.1 Å². The van der Waals surface area contributed by atoms with Crippen molar-refractivity contribution in [2.75, 3.05) is 39.3 Å². The minimum Gasteiger partial charge on any atom is -0.494 e. The first-order chi connectivity index (χ1) is 10.7. The molecule has 1 aromatic carbocycles. The van der Waals surface area contributed by atoms with Crippen LogP contribution in [0.4, 0.5) is 5.69 Å². The number of carbonyl (C=O) groups excluding carboxylic acids is 1. The molecule has 2 heterocycles. The molecule has 0 radical (unpaired) electrons. The number of hydrogen-bond acceptors (Lipinski definition) is 6. The number of nitrogens with zero attached hydrogens (tertiary/aromatic N) is 1. The fraction of sp³-hybridized carbons (Fsp3) is 0.562. The van der Waals surface area contributed by atoms with Gasteiger partial charge in [0.2, 0.25) is 0 Å². The van der Waals surface area contributed by atoms with E-state index in [9.17, 15) is 4.79 Å². The third-order valence-corrected chi connectivity index (χ3v) is 4.33. The molecule has 0 spiro atoms. The minimum atomic E-state index is -1.54. The Bertz CT molecular complexity index is 576. The van der Waals surface area contributed by atoms with E-state index >= 15 is 0 Å². The average molecular weight is 307 g/mol. The standard InChI is InChI=1S/C16H21NO5/c1-19-14-12(17-9-5-4-6-10-17)8-7-11-13(14)16(20-2,21-3)22-15(11)18/h7-8H,4-6,9-10H2,1-3H3. The van der Waals surface area contributed by atoms with Crippen LogP contribution < -0.4 is 9.64 Å². The first kappa shape index (κ1) is 15.1. The summed E-state index contributed by atoms with van der Waals surface area (Å²) in [6.07, 6.45) is 3.54. The van der Waals surface area contributed by atoms with E-state index in [1.54, 1.807) is 13.2 Å². The van der Waals surface area contributed by atoms with Gasteiger partial charge in [-0.05, 0) is 31.4 Å². The SMILES string of the molecule is COc1c(N2CCCCC2)ccc2c1C(OC)(OC)OC2=O. The number of ether oxygens (including phenoxy) is 4. The lowest BCUT2D eigenvalue weighted by Crippen LogP contribution is -2.33. The molecule has 6 nitrogen and oxygen atoms in total. The number of cyclic esters (lactones) is 1. The largest absolute Gasteiger partial charge is 0.494 e. The monoisotopic (exact) mass is 307 g/mol. The summed E-state index contributed by atoms with van der Waals surface area (Å²) >= 11 is 0. The molecule has 0 aromatic heterocycles. The van der Waals surface area contributed by atoms with Crippen molar-refractivity contribution in [2.24, 2.45) is 0 Å². The lowest BCUT2D eigenvalue weighted by atomic mass is 10.0. The Labute approximate surface area is 129 Å². The number of methoxy groups -OCH3 is 3. The molecule has 0 aliphatic carbocycles. The first-order valence-electron chi connectivity index (χ1n) is 7.47. The van der Waals surface area contributed by atoms with Gasteiger partial charge in [0.05, 0.1) is 18.4 Å². The second-order valence-electron chi connectivity index (χ2n) is 5.44. The van der Waals surface area contributed by atoms with Gasteiger partial charge < -0.3 is 23.8 Å². The fourth-order valence-corrected chi connectivity index (χ4v) is 3.24. The Morgan fingerprint density at radius 3 is 2.36 bits per heavy atom. The quantitative estimate of drug-likeness (QED) is 0.628. The highest BCUT2D eigenvalue weighted by atomic mass is 16.9. The first-order valence-corrected chi connectivity index (χ1v) is 7.47. The maximum atomic E-state index is 12.1. The smallest absolute Gasteiger partial charge is 0.362 e. The van der Waals surface area contributed by atoms with E-state index in [4.69, 9.17) is 18.9 Å². The van der Waals surface area contributed by atoms with Crippen molar-refractivity contribution >= 4 is 11.7 Å². The van der Waals surface area contributed by atoms with Crippen molar-refractivity contribution in [2.45, 2.75) is 25.2 Å². The highest BCUT2D eigenvalue weighted by molar-refractivity contribution is 5.96. The van der Waals surface area contributed by atoms with Gasteiger partial charge in [0.15, 0.2) is 5.75 Å². The molecule has 2 aliphatic rings. The summed E-state index contributed by atoms with van der Waals surface area (Å²) in [6.45, 7) is 1.94. The molecule has 0 amide bonds. The maximum Gasteiger partial charge on any atom is 0.362 e. The summed E-state index contributed by atoms with van der Waals surface area (Å²) in [7, 11) is 4.47. The Kier molecular flexibility index (Phi) is 3.97. The zero-order valence-corrected chi connectivity index (χ0v) is 13.2. The summed E-state index contributed by atoms with van der Waals surface area (Å²) < 4.78 is 21.7. The van der Waals surface area contributed by atoms with Crippen molar-refractivity contribution in [1.29, 1.82) is 0 Å². The second kappa shape index (κ2) is 5.78. The van der Waals surface area contributed by atoms with E-state index in [0.29, 0.717) is 16.9 Å². The van der Waals surface area contributed by atoms with Crippen LogP contribution in [0.3, 0.4) is 0 Å². The highest BCUT2D eigenvalue weighted by Crippen LogP contribution is 2.47. The summed E-state index contributed by atoms with van der Waals surface area (Å²) in [5.74, 6) is -1.43. The van der Waals surface area contributed by atoms with Crippen molar-refractivity contribution in [3.8, 4) is 5.75 Å². The normalized spacial score (nSPS) is 19.8. The van der Waals surface area contributed by atoms with E-state index < -0.39 is 11.9 Å². The van der Waals surface area contributed by atoms with Crippen molar-refractivity contribution in [3.05, 3.63) is 23.3 Å². The van der Waals surface area contributed by atoms with Crippen LogP contribution in [0.2, 0.25) is 0 Å². The minimum absolute atomic E-state index is 0.418. The molecule has 1 saturated heterocycles. The van der Waals surface area contributed by atoms with Crippen LogP contribution in [-0.4, -0.2) is 40.4 Å². The number of benzene rings is 1. The molecule has 6 heteroatoms. The molecule has 1 fully saturated rings. The highest BCUT2D eigenvalue weighted by Gasteiger charge is 2.50. The molecule has 0 unspecified atom stereocenters. The number of hydrogen-bond donors (Lipinski definition) is 0. The van der Waals surface area contributed by atoms with Crippen LogP contribution in [0.5, 0.6) is 5.75 Å². The Morgan fingerprint density at radius 1 is 1.09 bits per heavy atom. The van der Waals surface area contributed by atoms with Gasteiger partial charge >= 0.3 is 11.9 Å². The van der Waals surface area contributed by atoms with E-state index in [1.807, 2.05) is 6.07 Å². The number of rotatable bonds is 4. The molecule has 1 aromatic rings. The van der Waals surface area contributed by atoms with Crippen LogP contribution in [0.25, 0.3) is 0 Å². The van der Waals surface area contributed by atoms with Gasteiger partial charge in [-0.3, -0.25) is 0 Å². The lowest BCUT2D eigenvalue weighted by molar-refractivity contribution is -0.341. The van der Waals surface area contributed by atoms with Crippen LogP contribution in [0.1, 0.15) is 35.2 Å². The molecule has 120 valence electrons. The Morgan fingerprint density at radius 2 is 1.77 bits per heavy atom. The Hall–Kier alpha value is -1.79. The fourth-order valence-electron chi connectivity index (χ4n) is 3.24. The third-order valence-electron chi connectivity index (χ3n) is 4.33. The number of fused-ring (bicyclic) bond motifs is 1. The average Bonchev–Trinajstić information content (AvgIpc) is 2.88. The summed E-state index contributed by atoms with van der Waals surface area (Å²) in [6, 6.07) is 3.66. The number of carbonyl (C=O) groups is 1. The van der Waals surface area contributed by atoms with Crippen molar-refractivity contribution in [1.82, 2.24) is 0 Å². The third kappa shape index (κ3) is 2.14. The zero-order valence-electron chi connectivity index (χ0n) is 13.2. The predicted molar refractivity (Wildman–Crippen MR) is 80.2 cm³/mol. The number of piperidine rings is 1. The van der Waals surface area contributed by atoms with Crippen LogP contribution in [0, 0.1) is 0 Å². The molecule has 2 aliphatic heterocycles. The molecular weight excluding hydrogens is 286 g/mol. The molecule has 0 saturated carbocycles. The Balaban J connectivity index is 2.14. The molecule has 3 rings (SSSR count). The molecule has 0 bridgehead atoms. The topological polar surface area (TPSA) is 57.2 Å². The van der Waals surface area contributed by atoms with Gasteiger partial charge in [-0.15, -0.1) is 0 Å².